The number of aliphatic hydroxyl groups is 1. The van der Waals surface area contributed by atoms with Crippen molar-refractivity contribution in [2.75, 3.05) is 24.6 Å². The first-order valence-corrected chi connectivity index (χ1v) is 6.93. The van der Waals surface area contributed by atoms with Crippen LogP contribution >= 0.6 is 0 Å². The van der Waals surface area contributed by atoms with E-state index in [9.17, 15) is 4.39 Å². The molecule has 1 atom stereocenters. The molecule has 1 aliphatic heterocycles. The highest BCUT2D eigenvalue weighted by molar-refractivity contribution is 5.26. The van der Waals surface area contributed by atoms with E-state index >= 15 is 0 Å². The highest BCUT2D eigenvalue weighted by Crippen LogP contribution is 2.26. The Morgan fingerprint density at radius 1 is 1.42 bits per heavy atom. The Balaban J connectivity index is 1.85. The van der Waals surface area contributed by atoms with Crippen LogP contribution in [0.2, 0.25) is 0 Å². The number of hydrogen-bond acceptors (Lipinski definition) is 5. The van der Waals surface area contributed by atoms with Crippen LogP contribution in [-0.2, 0) is 0 Å². The van der Waals surface area contributed by atoms with Gasteiger partial charge in [0.1, 0.15) is 6.17 Å². The molecule has 5 nitrogen and oxygen atoms in total. The minimum atomic E-state index is -1.09. The third kappa shape index (κ3) is 3.65. The smallest absolute Gasteiger partial charge is 0.324 e. The Morgan fingerprint density at radius 3 is 2.63 bits per heavy atom. The van der Waals surface area contributed by atoms with Gasteiger partial charge in [0.25, 0.3) is 0 Å². The van der Waals surface area contributed by atoms with E-state index in [0.29, 0.717) is 18.4 Å². The SMILES string of the molecule is CC(C)c1noc(N2CCC(CC(F)CO)CC2)n1. The van der Waals surface area contributed by atoms with Crippen molar-refractivity contribution in [1.29, 1.82) is 0 Å². The maximum atomic E-state index is 13.1. The van der Waals surface area contributed by atoms with E-state index in [4.69, 9.17) is 9.63 Å². The second-order valence-corrected chi connectivity index (χ2v) is 5.54. The van der Waals surface area contributed by atoms with Crippen molar-refractivity contribution in [3.8, 4) is 0 Å². The van der Waals surface area contributed by atoms with Gasteiger partial charge in [-0.05, 0) is 25.2 Å². The van der Waals surface area contributed by atoms with E-state index in [0.717, 1.165) is 31.8 Å². The van der Waals surface area contributed by atoms with E-state index in [1.807, 2.05) is 13.8 Å². The van der Waals surface area contributed by atoms with E-state index < -0.39 is 6.17 Å². The molecule has 1 N–H and O–H groups in total. The van der Waals surface area contributed by atoms with Crippen LogP contribution in [-0.4, -0.2) is 41.1 Å². The largest absolute Gasteiger partial charge is 0.393 e. The van der Waals surface area contributed by atoms with E-state index in [1.54, 1.807) is 0 Å². The fraction of sp³-hybridized carbons (Fsp3) is 0.846. The zero-order valence-electron chi connectivity index (χ0n) is 11.5. The number of anilines is 1. The molecule has 108 valence electrons. The fourth-order valence-electron chi connectivity index (χ4n) is 2.39. The maximum Gasteiger partial charge on any atom is 0.324 e. The van der Waals surface area contributed by atoms with Gasteiger partial charge in [0.15, 0.2) is 5.82 Å². The van der Waals surface area contributed by atoms with Crippen molar-refractivity contribution >= 4 is 6.01 Å². The number of aliphatic hydroxyl groups excluding tert-OH is 1. The summed E-state index contributed by atoms with van der Waals surface area (Å²) >= 11 is 0. The molecule has 0 saturated carbocycles. The van der Waals surface area contributed by atoms with Gasteiger partial charge in [-0.15, -0.1) is 0 Å². The highest BCUT2D eigenvalue weighted by Gasteiger charge is 2.25. The summed E-state index contributed by atoms with van der Waals surface area (Å²) in [5.74, 6) is 1.32. The number of alkyl halides is 1. The lowest BCUT2D eigenvalue weighted by Gasteiger charge is -2.30. The third-order valence-corrected chi connectivity index (χ3v) is 3.62. The Morgan fingerprint density at radius 2 is 2.11 bits per heavy atom. The van der Waals surface area contributed by atoms with Crippen LogP contribution < -0.4 is 4.90 Å². The van der Waals surface area contributed by atoms with Crippen LogP contribution in [0.4, 0.5) is 10.4 Å². The average Bonchev–Trinajstić information content (AvgIpc) is 2.89. The highest BCUT2D eigenvalue weighted by atomic mass is 19.1. The van der Waals surface area contributed by atoms with Crippen LogP contribution in [0, 0.1) is 5.92 Å². The second kappa shape index (κ2) is 6.32. The van der Waals surface area contributed by atoms with Crippen LogP contribution in [0.1, 0.15) is 44.9 Å². The molecule has 0 spiro atoms. The van der Waals surface area contributed by atoms with Crippen molar-refractivity contribution < 1.29 is 14.0 Å². The molecule has 0 aromatic carbocycles. The first-order chi connectivity index (χ1) is 9.10. The summed E-state index contributed by atoms with van der Waals surface area (Å²) in [5, 5.41) is 12.7. The van der Waals surface area contributed by atoms with Crippen LogP contribution in [0.15, 0.2) is 4.52 Å². The van der Waals surface area contributed by atoms with Gasteiger partial charge in [-0.3, -0.25) is 0 Å². The van der Waals surface area contributed by atoms with Crippen LogP contribution in [0.25, 0.3) is 0 Å². The summed E-state index contributed by atoms with van der Waals surface area (Å²) in [6.07, 6.45) is 1.16. The Kier molecular flexibility index (Phi) is 4.74. The van der Waals surface area contributed by atoms with Gasteiger partial charge in [0.2, 0.25) is 0 Å². The molecule has 1 saturated heterocycles. The Bertz CT molecular complexity index is 389. The first-order valence-electron chi connectivity index (χ1n) is 6.93. The average molecular weight is 271 g/mol. The predicted molar refractivity (Wildman–Crippen MR) is 69.9 cm³/mol. The van der Waals surface area contributed by atoms with E-state index in [-0.39, 0.29) is 12.5 Å². The lowest BCUT2D eigenvalue weighted by Crippen LogP contribution is -2.35. The van der Waals surface area contributed by atoms with Gasteiger partial charge >= 0.3 is 6.01 Å². The molecule has 19 heavy (non-hydrogen) atoms. The summed E-state index contributed by atoms with van der Waals surface area (Å²) in [6.45, 7) is 5.29. The Hall–Kier alpha value is -1.17. The first kappa shape index (κ1) is 14.2. The lowest BCUT2D eigenvalue weighted by atomic mass is 9.92. The number of halogens is 1. The third-order valence-electron chi connectivity index (χ3n) is 3.62. The number of nitrogens with zero attached hydrogens (tertiary/aromatic N) is 3. The second-order valence-electron chi connectivity index (χ2n) is 5.54. The summed E-state index contributed by atoms with van der Waals surface area (Å²) < 4.78 is 18.4. The quantitative estimate of drug-likeness (QED) is 0.889. The maximum absolute atomic E-state index is 13.1. The normalized spacial score (nSPS) is 19.1. The number of aromatic nitrogens is 2. The molecule has 6 heteroatoms. The Labute approximate surface area is 112 Å². The molecule has 2 heterocycles. The number of piperidine rings is 1. The van der Waals surface area contributed by atoms with Gasteiger partial charge in [0.05, 0.1) is 6.61 Å². The van der Waals surface area contributed by atoms with E-state index in [2.05, 4.69) is 15.0 Å². The molecule has 2 rings (SSSR count). The molecule has 0 bridgehead atoms. The minimum Gasteiger partial charge on any atom is -0.393 e. The van der Waals surface area contributed by atoms with Crippen molar-refractivity contribution in [3.05, 3.63) is 5.82 Å². The van der Waals surface area contributed by atoms with Crippen LogP contribution in [0.5, 0.6) is 0 Å². The van der Waals surface area contributed by atoms with E-state index in [1.165, 1.54) is 0 Å². The monoisotopic (exact) mass is 271 g/mol. The standard InChI is InChI=1S/C13H22FN3O2/c1-9(2)12-15-13(19-16-12)17-5-3-10(4-6-17)7-11(14)8-18/h9-11,18H,3-8H2,1-2H3. The molecule has 0 radical (unpaired) electrons. The molecule has 1 aliphatic rings. The topological polar surface area (TPSA) is 62.4 Å². The summed E-state index contributed by atoms with van der Waals surface area (Å²) in [4.78, 5) is 6.43. The summed E-state index contributed by atoms with van der Waals surface area (Å²) in [6, 6.07) is 0.570. The predicted octanol–water partition coefficient (Wildman–Crippen LogP) is 2.13. The zero-order chi connectivity index (χ0) is 13.8. The van der Waals surface area contributed by atoms with Gasteiger partial charge in [-0.2, -0.15) is 4.98 Å². The van der Waals surface area contributed by atoms with Crippen molar-refractivity contribution in [3.63, 3.8) is 0 Å². The molecule has 0 aliphatic carbocycles. The fourth-order valence-corrected chi connectivity index (χ4v) is 2.39. The lowest BCUT2D eigenvalue weighted by molar-refractivity contribution is 0.146. The van der Waals surface area contributed by atoms with Gasteiger partial charge in [0, 0.05) is 19.0 Å². The van der Waals surface area contributed by atoms with Crippen molar-refractivity contribution in [2.45, 2.75) is 45.2 Å². The van der Waals surface area contributed by atoms with Gasteiger partial charge in [-0.25, -0.2) is 4.39 Å². The molecular formula is C13H22FN3O2. The summed E-state index contributed by atoms with van der Waals surface area (Å²) in [7, 11) is 0. The zero-order valence-corrected chi connectivity index (χ0v) is 11.5. The molecular weight excluding hydrogens is 249 g/mol. The van der Waals surface area contributed by atoms with Crippen molar-refractivity contribution in [1.82, 2.24) is 10.1 Å². The number of hydrogen-bond donors (Lipinski definition) is 1. The van der Waals surface area contributed by atoms with Gasteiger partial charge < -0.3 is 14.5 Å². The molecule has 1 unspecified atom stereocenters. The molecule has 1 fully saturated rings. The molecule has 1 aromatic rings. The molecule has 0 amide bonds. The summed E-state index contributed by atoms with van der Waals surface area (Å²) in [5.41, 5.74) is 0. The number of rotatable bonds is 5. The van der Waals surface area contributed by atoms with Crippen LogP contribution in [0.3, 0.4) is 0 Å². The van der Waals surface area contributed by atoms with Crippen molar-refractivity contribution in [2.24, 2.45) is 5.92 Å². The minimum absolute atomic E-state index is 0.256. The van der Waals surface area contributed by atoms with Gasteiger partial charge in [-0.1, -0.05) is 19.0 Å². The molecule has 1 aromatic heterocycles.